The van der Waals surface area contributed by atoms with E-state index in [1.165, 1.54) is 0 Å². The Labute approximate surface area is 176 Å². The second-order valence-electron chi connectivity index (χ2n) is 6.51. The minimum absolute atomic E-state index is 0.0287. The Balaban J connectivity index is 0.00000124. The third kappa shape index (κ3) is 4.58. The molecule has 0 saturated carbocycles. The monoisotopic (exact) mass is 404 g/mol. The van der Waals surface area contributed by atoms with Crippen LogP contribution in [-0.2, 0) is 0 Å². The summed E-state index contributed by atoms with van der Waals surface area (Å²) in [7, 11) is 1.65. The molecule has 0 spiro atoms. The van der Waals surface area contributed by atoms with Crippen LogP contribution in [0.4, 0.5) is 5.82 Å². The fourth-order valence-electron chi connectivity index (χ4n) is 3.36. The number of nitrogens with zero attached hydrogens (tertiary/aromatic N) is 6. The number of anilines is 1. The van der Waals surface area contributed by atoms with Crippen LogP contribution in [0.2, 0.25) is 0 Å². The van der Waals surface area contributed by atoms with E-state index >= 15 is 0 Å². The zero-order valence-electron chi connectivity index (χ0n) is 16.9. The number of amides is 1. The Bertz CT molecular complexity index is 986. The van der Waals surface area contributed by atoms with Crippen molar-refractivity contribution < 1.29 is 9.53 Å². The van der Waals surface area contributed by atoms with Crippen LogP contribution in [0.5, 0.6) is 5.75 Å². The lowest BCUT2D eigenvalue weighted by molar-refractivity contribution is 0.0766. The molecule has 8 nitrogen and oxygen atoms in total. The van der Waals surface area contributed by atoms with Gasteiger partial charge in [0.25, 0.3) is 5.91 Å². The van der Waals surface area contributed by atoms with Crippen molar-refractivity contribution in [1.29, 1.82) is 0 Å². The van der Waals surface area contributed by atoms with Gasteiger partial charge in [0, 0.05) is 57.0 Å². The van der Waals surface area contributed by atoms with Gasteiger partial charge in [0.2, 0.25) is 0 Å². The quantitative estimate of drug-likeness (QED) is 0.621. The Hall–Kier alpha value is -3.86. The van der Waals surface area contributed by atoms with Gasteiger partial charge >= 0.3 is 0 Å². The maximum atomic E-state index is 13.2. The largest absolute Gasteiger partial charge is 0.497 e. The lowest BCUT2D eigenvalue weighted by Crippen LogP contribution is -2.36. The molecule has 0 atom stereocenters. The standard InChI is InChI=1S/C20H22N6O2.C2H2/c1-28-16-6-9-21-18(15-16)24-10-4-11-25(14-13-24)20(27)17-5-2-7-22-19(17)26-12-3-8-23-26;1-2/h2-3,5-9,12,15H,4,10-11,13-14H2,1H3;1-2H. The molecule has 1 aliphatic heterocycles. The Kier molecular flexibility index (Phi) is 7.00. The van der Waals surface area contributed by atoms with E-state index in [0.717, 1.165) is 24.5 Å². The van der Waals surface area contributed by atoms with Crippen molar-refractivity contribution in [2.75, 3.05) is 38.2 Å². The highest BCUT2D eigenvalue weighted by molar-refractivity contribution is 5.97. The maximum Gasteiger partial charge on any atom is 0.257 e. The van der Waals surface area contributed by atoms with Crippen molar-refractivity contribution in [2.24, 2.45) is 0 Å². The first-order chi connectivity index (χ1) is 14.8. The lowest BCUT2D eigenvalue weighted by Gasteiger charge is -2.23. The van der Waals surface area contributed by atoms with E-state index in [1.54, 1.807) is 48.7 Å². The fourth-order valence-corrected chi connectivity index (χ4v) is 3.36. The van der Waals surface area contributed by atoms with Crippen LogP contribution in [-0.4, -0.2) is 63.8 Å². The molecular formula is C22H24N6O2. The van der Waals surface area contributed by atoms with Crippen LogP contribution in [0.3, 0.4) is 0 Å². The van der Waals surface area contributed by atoms with Crippen LogP contribution in [0.15, 0.2) is 55.1 Å². The van der Waals surface area contributed by atoms with Crippen molar-refractivity contribution >= 4 is 11.7 Å². The number of pyridine rings is 2. The van der Waals surface area contributed by atoms with Gasteiger partial charge in [-0.15, -0.1) is 12.8 Å². The molecular weight excluding hydrogens is 380 g/mol. The van der Waals surface area contributed by atoms with Gasteiger partial charge in [-0.25, -0.2) is 14.6 Å². The number of hydrogen-bond donors (Lipinski definition) is 0. The number of hydrogen-bond acceptors (Lipinski definition) is 6. The molecule has 1 amide bonds. The number of carbonyl (C=O) groups is 1. The summed E-state index contributed by atoms with van der Waals surface area (Å²) < 4.78 is 6.92. The minimum Gasteiger partial charge on any atom is -0.497 e. The van der Waals surface area contributed by atoms with E-state index in [1.807, 2.05) is 23.1 Å². The van der Waals surface area contributed by atoms with Gasteiger partial charge in [0.05, 0.1) is 12.7 Å². The zero-order valence-corrected chi connectivity index (χ0v) is 16.9. The fraction of sp³-hybridized carbons (Fsp3) is 0.273. The van der Waals surface area contributed by atoms with Crippen LogP contribution in [0.1, 0.15) is 16.8 Å². The second kappa shape index (κ2) is 10.1. The van der Waals surface area contributed by atoms with Gasteiger partial charge in [-0.3, -0.25) is 4.79 Å². The predicted octanol–water partition coefficient (Wildman–Crippen LogP) is 2.27. The van der Waals surface area contributed by atoms with Crippen molar-refractivity contribution in [3.05, 3.63) is 60.7 Å². The molecule has 3 aromatic heterocycles. The summed E-state index contributed by atoms with van der Waals surface area (Å²) in [4.78, 5) is 26.1. The first-order valence-corrected chi connectivity index (χ1v) is 9.59. The van der Waals surface area contributed by atoms with E-state index in [2.05, 4.69) is 32.8 Å². The highest BCUT2D eigenvalue weighted by Gasteiger charge is 2.24. The third-order valence-electron chi connectivity index (χ3n) is 4.80. The number of aromatic nitrogens is 4. The van der Waals surface area contributed by atoms with Crippen molar-refractivity contribution in [3.8, 4) is 24.4 Å². The summed E-state index contributed by atoms with van der Waals surface area (Å²) in [5, 5.41) is 4.22. The average molecular weight is 404 g/mol. The minimum atomic E-state index is -0.0287. The lowest BCUT2D eigenvalue weighted by atomic mass is 10.2. The first-order valence-electron chi connectivity index (χ1n) is 9.59. The third-order valence-corrected chi connectivity index (χ3v) is 4.80. The molecule has 0 aliphatic carbocycles. The summed E-state index contributed by atoms with van der Waals surface area (Å²) >= 11 is 0. The van der Waals surface area contributed by atoms with Crippen LogP contribution < -0.4 is 9.64 Å². The number of methoxy groups -OCH3 is 1. The molecule has 1 fully saturated rings. The molecule has 4 heterocycles. The SMILES string of the molecule is C#C.COc1ccnc(N2CCCN(C(=O)c3cccnc3-n3cccn3)CC2)c1. The number of rotatable bonds is 4. The van der Waals surface area contributed by atoms with Gasteiger partial charge in [-0.2, -0.15) is 5.10 Å². The predicted molar refractivity (Wildman–Crippen MR) is 115 cm³/mol. The first kappa shape index (κ1) is 20.9. The number of carbonyl (C=O) groups excluding carboxylic acids is 1. The van der Waals surface area contributed by atoms with Crippen molar-refractivity contribution in [2.45, 2.75) is 6.42 Å². The molecule has 1 aliphatic rings. The molecule has 0 bridgehead atoms. The molecule has 154 valence electrons. The number of terminal acetylenes is 1. The van der Waals surface area contributed by atoms with Crippen LogP contribution >= 0.6 is 0 Å². The van der Waals surface area contributed by atoms with Gasteiger partial charge in [-0.1, -0.05) is 0 Å². The molecule has 3 aromatic rings. The van der Waals surface area contributed by atoms with E-state index in [0.29, 0.717) is 31.0 Å². The van der Waals surface area contributed by atoms with Gasteiger partial charge in [0.15, 0.2) is 5.82 Å². The summed E-state index contributed by atoms with van der Waals surface area (Å²) in [6.45, 7) is 2.85. The van der Waals surface area contributed by atoms with Gasteiger partial charge in [0.1, 0.15) is 11.6 Å². The molecule has 0 unspecified atom stereocenters. The van der Waals surface area contributed by atoms with Crippen LogP contribution in [0, 0.1) is 12.8 Å². The highest BCUT2D eigenvalue weighted by atomic mass is 16.5. The van der Waals surface area contributed by atoms with Crippen LogP contribution in [0.25, 0.3) is 5.82 Å². The average Bonchev–Trinajstić information content (AvgIpc) is 3.24. The summed E-state index contributed by atoms with van der Waals surface area (Å²) in [6.07, 6.45) is 15.7. The number of ether oxygens (including phenoxy) is 1. The van der Waals surface area contributed by atoms with E-state index in [9.17, 15) is 4.79 Å². The molecule has 1 saturated heterocycles. The van der Waals surface area contributed by atoms with E-state index < -0.39 is 0 Å². The van der Waals surface area contributed by atoms with Crippen molar-refractivity contribution in [1.82, 2.24) is 24.6 Å². The summed E-state index contributed by atoms with van der Waals surface area (Å²) in [5.41, 5.74) is 0.555. The molecule has 0 N–H and O–H groups in total. The van der Waals surface area contributed by atoms with Gasteiger partial charge < -0.3 is 14.5 Å². The van der Waals surface area contributed by atoms with E-state index in [-0.39, 0.29) is 5.91 Å². The Morgan fingerprint density at radius 2 is 1.90 bits per heavy atom. The van der Waals surface area contributed by atoms with Gasteiger partial charge in [-0.05, 0) is 30.7 Å². The Morgan fingerprint density at radius 3 is 2.67 bits per heavy atom. The smallest absolute Gasteiger partial charge is 0.257 e. The molecule has 30 heavy (non-hydrogen) atoms. The molecule has 0 radical (unpaired) electrons. The Morgan fingerprint density at radius 1 is 1.03 bits per heavy atom. The van der Waals surface area contributed by atoms with E-state index in [4.69, 9.17) is 4.74 Å². The molecule has 4 rings (SSSR count). The molecule has 8 heteroatoms. The molecule has 0 aromatic carbocycles. The highest BCUT2D eigenvalue weighted by Crippen LogP contribution is 2.20. The normalized spacial score (nSPS) is 13.7. The summed E-state index contributed by atoms with van der Waals surface area (Å²) in [5.74, 6) is 2.17. The summed E-state index contributed by atoms with van der Waals surface area (Å²) in [6, 6.07) is 9.15. The van der Waals surface area contributed by atoms with Crippen molar-refractivity contribution in [3.63, 3.8) is 0 Å². The topological polar surface area (TPSA) is 76.4 Å². The maximum absolute atomic E-state index is 13.2. The second-order valence-corrected chi connectivity index (χ2v) is 6.51. The zero-order chi connectivity index (χ0) is 21.3.